The minimum Gasteiger partial charge on any atom is -0.367 e. The molecule has 1 radical (unpaired) electrons. The van der Waals surface area contributed by atoms with Gasteiger partial charge in [0.05, 0.1) is 11.3 Å². The number of carbonyl (C=O) groups excluding carboxylic acids is 2. The molecule has 2 amide bonds. The third-order valence-electron chi connectivity index (χ3n) is 4.44. The molecule has 0 aromatic heterocycles. The first kappa shape index (κ1) is 20.7. The molecule has 0 spiro atoms. The molecule has 0 aliphatic carbocycles. The number of nitrogens with one attached hydrogen (secondary N) is 2. The quantitative estimate of drug-likeness (QED) is 0.688. The van der Waals surface area contributed by atoms with Gasteiger partial charge in [0.2, 0.25) is 11.8 Å². The lowest BCUT2D eigenvalue weighted by molar-refractivity contribution is -0.137. The van der Waals surface area contributed by atoms with Gasteiger partial charge < -0.3 is 21.1 Å². The van der Waals surface area contributed by atoms with Crippen LogP contribution in [0.3, 0.4) is 0 Å². The standard InChI is InChI=1S/C20H19F3N3O3/c21-20(22,23)15-3-1-2-4-16(15)26-13-7-5-12(6-8-13)11-25-19(28)14-9-10-29-17(14)18(24)27/h1-8,17,26H,9-11H2,(H2,24,27)(H,25,28). The number of nitrogens with two attached hydrogens (primary N) is 1. The minimum absolute atomic E-state index is 0.0452. The second-order valence-electron chi connectivity index (χ2n) is 6.48. The smallest absolute Gasteiger partial charge is 0.367 e. The highest BCUT2D eigenvalue weighted by molar-refractivity contribution is 5.98. The van der Waals surface area contributed by atoms with Crippen LogP contribution >= 0.6 is 0 Å². The molecule has 1 aliphatic heterocycles. The maximum Gasteiger partial charge on any atom is 0.418 e. The Hall–Kier alpha value is -3.07. The Labute approximate surface area is 165 Å². The highest BCUT2D eigenvalue weighted by Crippen LogP contribution is 2.35. The summed E-state index contributed by atoms with van der Waals surface area (Å²) in [5, 5.41) is 5.45. The second kappa shape index (κ2) is 8.52. The predicted octanol–water partition coefficient (Wildman–Crippen LogP) is 2.91. The zero-order chi connectivity index (χ0) is 21.0. The molecule has 2 aromatic carbocycles. The van der Waals surface area contributed by atoms with E-state index in [1.807, 2.05) is 0 Å². The number of primary amides is 1. The van der Waals surface area contributed by atoms with Gasteiger partial charge in [-0.3, -0.25) is 9.59 Å². The van der Waals surface area contributed by atoms with Gasteiger partial charge in [0, 0.05) is 18.8 Å². The number of ether oxygens (including phenoxy) is 1. The molecule has 3 rings (SSSR count). The van der Waals surface area contributed by atoms with E-state index in [2.05, 4.69) is 10.6 Å². The van der Waals surface area contributed by atoms with Crippen molar-refractivity contribution in [3.63, 3.8) is 0 Å². The van der Waals surface area contributed by atoms with Crippen molar-refractivity contribution in [3.05, 3.63) is 65.6 Å². The van der Waals surface area contributed by atoms with E-state index in [9.17, 15) is 22.8 Å². The SMILES string of the molecule is NC(=O)C1OCC[C]1C(=O)NCc1ccc(Nc2ccccc2C(F)(F)F)cc1. The van der Waals surface area contributed by atoms with Crippen molar-refractivity contribution in [1.82, 2.24) is 5.32 Å². The number of halogens is 3. The molecule has 1 fully saturated rings. The van der Waals surface area contributed by atoms with Crippen LogP contribution in [0.1, 0.15) is 17.5 Å². The van der Waals surface area contributed by atoms with Crippen molar-refractivity contribution >= 4 is 23.2 Å². The fourth-order valence-electron chi connectivity index (χ4n) is 3.00. The van der Waals surface area contributed by atoms with E-state index >= 15 is 0 Å². The average Bonchev–Trinajstić information content (AvgIpc) is 3.17. The zero-order valence-corrected chi connectivity index (χ0v) is 15.3. The lowest BCUT2D eigenvalue weighted by Crippen LogP contribution is -2.40. The van der Waals surface area contributed by atoms with Crippen LogP contribution in [0.2, 0.25) is 0 Å². The van der Waals surface area contributed by atoms with Crippen molar-refractivity contribution in [1.29, 1.82) is 0 Å². The molecule has 1 unspecified atom stereocenters. The molecule has 153 valence electrons. The van der Waals surface area contributed by atoms with Gasteiger partial charge in [0.1, 0.15) is 5.92 Å². The number of benzene rings is 2. The predicted molar refractivity (Wildman–Crippen MR) is 99.8 cm³/mol. The first-order valence-electron chi connectivity index (χ1n) is 8.82. The molecule has 0 bridgehead atoms. The molecule has 0 saturated carbocycles. The van der Waals surface area contributed by atoms with Crippen molar-refractivity contribution in [2.24, 2.45) is 5.73 Å². The maximum absolute atomic E-state index is 13.1. The summed E-state index contributed by atoms with van der Waals surface area (Å²) >= 11 is 0. The van der Waals surface area contributed by atoms with Crippen LogP contribution in [0.5, 0.6) is 0 Å². The summed E-state index contributed by atoms with van der Waals surface area (Å²) in [7, 11) is 0. The van der Waals surface area contributed by atoms with E-state index in [1.54, 1.807) is 24.3 Å². The number of hydrogen-bond acceptors (Lipinski definition) is 4. The van der Waals surface area contributed by atoms with Crippen LogP contribution in [-0.4, -0.2) is 24.5 Å². The Bertz CT molecular complexity index is 885. The second-order valence-corrected chi connectivity index (χ2v) is 6.48. The zero-order valence-electron chi connectivity index (χ0n) is 15.3. The normalized spacial score (nSPS) is 17.1. The minimum atomic E-state index is -4.46. The largest absolute Gasteiger partial charge is 0.418 e. The Kier molecular flexibility index (Phi) is 6.07. The lowest BCUT2D eigenvalue weighted by atomic mass is 10.00. The third-order valence-corrected chi connectivity index (χ3v) is 4.44. The Morgan fingerprint density at radius 1 is 1.10 bits per heavy atom. The number of para-hydroxylation sites is 1. The number of alkyl halides is 3. The van der Waals surface area contributed by atoms with Crippen molar-refractivity contribution in [3.8, 4) is 0 Å². The number of rotatable bonds is 6. The van der Waals surface area contributed by atoms with Gasteiger partial charge in [-0.05, 0) is 36.2 Å². The molecule has 1 saturated heterocycles. The number of hydrogen-bond donors (Lipinski definition) is 3. The summed E-state index contributed by atoms with van der Waals surface area (Å²) in [6.07, 6.45) is -5.13. The van der Waals surface area contributed by atoms with E-state index in [0.29, 0.717) is 18.0 Å². The van der Waals surface area contributed by atoms with E-state index in [0.717, 1.165) is 11.6 Å². The molecule has 1 aliphatic rings. The van der Waals surface area contributed by atoms with Gasteiger partial charge in [0.25, 0.3) is 0 Å². The Balaban J connectivity index is 1.60. The molecule has 1 heterocycles. The maximum atomic E-state index is 13.1. The van der Waals surface area contributed by atoms with Crippen molar-refractivity contribution in [2.45, 2.75) is 25.2 Å². The van der Waals surface area contributed by atoms with Crippen LogP contribution in [0.4, 0.5) is 24.5 Å². The molecule has 4 N–H and O–H groups in total. The van der Waals surface area contributed by atoms with E-state index in [4.69, 9.17) is 10.5 Å². The summed E-state index contributed by atoms with van der Waals surface area (Å²) in [6.45, 7) is 0.448. The van der Waals surface area contributed by atoms with Gasteiger partial charge >= 0.3 is 6.18 Å². The summed E-state index contributed by atoms with van der Waals surface area (Å²) in [5.41, 5.74) is 5.62. The summed E-state index contributed by atoms with van der Waals surface area (Å²) < 4.78 is 44.4. The van der Waals surface area contributed by atoms with Crippen molar-refractivity contribution < 1.29 is 27.5 Å². The molecule has 2 aromatic rings. The molecule has 6 nitrogen and oxygen atoms in total. The Morgan fingerprint density at radius 3 is 2.45 bits per heavy atom. The van der Waals surface area contributed by atoms with Gasteiger partial charge in [-0.25, -0.2) is 0 Å². The van der Waals surface area contributed by atoms with E-state index in [-0.39, 0.29) is 18.8 Å². The molecule has 9 heteroatoms. The van der Waals surface area contributed by atoms with Crippen LogP contribution in [0.15, 0.2) is 48.5 Å². The lowest BCUT2D eigenvalue weighted by Gasteiger charge is -2.15. The highest BCUT2D eigenvalue weighted by Gasteiger charge is 2.38. The summed E-state index contributed by atoms with van der Waals surface area (Å²) in [5.74, 6) is -0.825. The van der Waals surface area contributed by atoms with Gasteiger partial charge in [-0.15, -0.1) is 0 Å². The third kappa shape index (κ3) is 5.05. The van der Waals surface area contributed by atoms with Gasteiger partial charge in [0.15, 0.2) is 6.10 Å². The van der Waals surface area contributed by atoms with Crippen LogP contribution in [0.25, 0.3) is 0 Å². The first-order valence-corrected chi connectivity index (χ1v) is 8.82. The molecule has 29 heavy (non-hydrogen) atoms. The first-order chi connectivity index (χ1) is 13.8. The van der Waals surface area contributed by atoms with E-state index < -0.39 is 29.7 Å². The average molecular weight is 406 g/mol. The Morgan fingerprint density at radius 2 is 1.79 bits per heavy atom. The van der Waals surface area contributed by atoms with Crippen LogP contribution in [-0.2, 0) is 27.0 Å². The molecular formula is C20H19F3N3O3. The van der Waals surface area contributed by atoms with Crippen molar-refractivity contribution in [2.75, 3.05) is 11.9 Å². The number of amides is 2. The van der Waals surface area contributed by atoms with Gasteiger partial charge in [-0.2, -0.15) is 13.2 Å². The fourth-order valence-corrected chi connectivity index (χ4v) is 3.00. The summed E-state index contributed by atoms with van der Waals surface area (Å²) in [4.78, 5) is 23.5. The summed E-state index contributed by atoms with van der Waals surface area (Å²) in [6, 6.07) is 11.8. The fraction of sp³-hybridized carbons (Fsp3) is 0.250. The number of anilines is 2. The van der Waals surface area contributed by atoms with E-state index in [1.165, 1.54) is 18.2 Å². The highest BCUT2D eigenvalue weighted by atomic mass is 19.4. The van der Waals surface area contributed by atoms with Crippen LogP contribution in [0, 0.1) is 5.92 Å². The molecule has 1 atom stereocenters. The molecular weight excluding hydrogens is 387 g/mol. The van der Waals surface area contributed by atoms with Crippen LogP contribution < -0.4 is 16.4 Å². The topological polar surface area (TPSA) is 93.5 Å². The monoisotopic (exact) mass is 406 g/mol. The van der Waals surface area contributed by atoms with Gasteiger partial charge in [-0.1, -0.05) is 24.3 Å². The number of carbonyl (C=O) groups is 2.